The van der Waals surface area contributed by atoms with Crippen LogP contribution in [0, 0.1) is 6.92 Å². The number of piperidine rings is 1. The van der Waals surface area contributed by atoms with E-state index in [0.29, 0.717) is 19.1 Å². The lowest BCUT2D eigenvalue weighted by Crippen LogP contribution is -2.48. The van der Waals surface area contributed by atoms with Crippen molar-refractivity contribution in [1.29, 1.82) is 0 Å². The molecule has 0 bridgehead atoms. The summed E-state index contributed by atoms with van der Waals surface area (Å²) in [5, 5.41) is 15.5. The van der Waals surface area contributed by atoms with E-state index in [4.69, 9.17) is 4.99 Å². The molecule has 0 radical (unpaired) electrons. The van der Waals surface area contributed by atoms with E-state index < -0.39 is 0 Å². The molecule has 1 aliphatic heterocycles. The topological polar surface area (TPSA) is 83.3 Å². The fraction of sp³-hybridized carbons (Fsp3) is 0.417. The molecule has 0 saturated carbocycles. The van der Waals surface area contributed by atoms with Crippen LogP contribution in [0.4, 0.5) is 0 Å². The van der Waals surface area contributed by atoms with Crippen molar-refractivity contribution < 1.29 is 0 Å². The lowest BCUT2D eigenvalue weighted by atomic mass is 10.0. The Balaban J connectivity index is 1.34. The lowest BCUT2D eigenvalue weighted by Gasteiger charge is -2.32. The third-order valence-electron chi connectivity index (χ3n) is 5.90. The van der Waals surface area contributed by atoms with Crippen molar-refractivity contribution in [2.45, 2.75) is 45.4 Å². The van der Waals surface area contributed by atoms with Gasteiger partial charge in [0, 0.05) is 38.9 Å². The Morgan fingerprint density at radius 1 is 1.06 bits per heavy atom. The van der Waals surface area contributed by atoms with E-state index in [-0.39, 0.29) is 0 Å². The number of pyridine rings is 1. The quantitative estimate of drug-likeness (QED) is 0.441. The molecule has 8 heteroatoms. The van der Waals surface area contributed by atoms with Crippen LogP contribution in [-0.4, -0.2) is 49.7 Å². The number of benzene rings is 1. The Hall–Kier alpha value is -3.26. The van der Waals surface area contributed by atoms with Crippen molar-refractivity contribution >= 4 is 5.96 Å². The van der Waals surface area contributed by atoms with E-state index >= 15 is 0 Å². The highest BCUT2D eigenvalue weighted by molar-refractivity contribution is 5.80. The Kier molecular flexibility index (Phi) is 7.45. The third-order valence-corrected chi connectivity index (χ3v) is 5.90. The van der Waals surface area contributed by atoms with Crippen LogP contribution in [0.25, 0.3) is 0 Å². The minimum Gasteiger partial charge on any atom is -0.354 e. The minimum absolute atomic E-state index is 0.387. The molecule has 1 fully saturated rings. The summed E-state index contributed by atoms with van der Waals surface area (Å²) in [7, 11) is 1.98. The number of likely N-dealkylation sites (tertiary alicyclic amines) is 1. The molecule has 0 amide bonds. The Bertz CT molecular complexity index is 991. The van der Waals surface area contributed by atoms with Crippen molar-refractivity contribution in [3.8, 4) is 0 Å². The van der Waals surface area contributed by atoms with Gasteiger partial charge in [0.2, 0.25) is 0 Å². The molecule has 32 heavy (non-hydrogen) atoms. The average molecular weight is 433 g/mol. The normalized spacial score (nSPS) is 15.6. The molecular formula is C24H32N8. The van der Waals surface area contributed by atoms with Gasteiger partial charge in [-0.1, -0.05) is 36.4 Å². The van der Waals surface area contributed by atoms with Crippen LogP contribution in [0.2, 0.25) is 0 Å². The highest BCUT2D eigenvalue weighted by atomic mass is 15.3. The SMILES string of the molecule is Cc1nnc(CNC(=NCc2ccccc2)NC2CCN(Cc3ccccn3)CC2)n1C. The van der Waals surface area contributed by atoms with Gasteiger partial charge >= 0.3 is 0 Å². The zero-order valence-corrected chi connectivity index (χ0v) is 18.9. The highest BCUT2D eigenvalue weighted by Crippen LogP contribution is 2.13. The number of aliphatic imine (C=N–C) groups is 1. The van der Waals surface area contributed by atoms with Gasteiger partial charge in [0.05, 0.1) is 18.8 Å². The van der Waals surface area contributed by atoms with E-state index in [1.165, 1.54) is 5.56 Å². The molecule has 0 aliphatic carbocycles. The zero-order valence-electron chi connectivity index (χ0n) is 18.9. The smallest absolute Gasteiger partial charge is 0.192 e. The first-order valence-electron chi connectivity index (χ1n) is 11.2. The molecular weight excluding hydrogens is 400 g/mol. The average Bonchev–Trinajstić information content (AvgIpc) is 3.15. The molecule has 1 aliphatic rings. The number of nitrogens with one attached hydrogen (secondary N) is 2. The van der Waals surface area contributed by atoms with Crippen molar-refractivity contribution in [3.05, 3.63) is 77.6 Å². The maximum absolute atomic E-state index is 4.84. The van der Waals surface area contributed by atoms with Crippen molar-refractivity contribution in [2.75, 3.05) is 13.1 Å². The molecule has 2 aromatic heterocycles. The highest BCUT2D eigenvalue weighted by Gasteiger charge is 2.20. The number of aromatic nitrogens is 4. The Morgan fingerprint density at radius 3 is 2.53 bits per heavy atom. The van der Waals surface area contributed by atoms with Gasteiger partial charge in [0.1, 0.15) is 5.82 Å². The minimum atomic E-state index is 0.387. The van der Waals surface area contributed by atoms with Crippen LogP contribution in [0.15, 0.2) is 59.7 Å². The zero-order chi connectivity index (χ0) is 22.2. The van der Waals surface area contributed by atoms with Crippen LogP contribution >= 0.6 is 0 Å². The predicted octanol–water partition coefficient (Wildman–Crippen LogP) is 2.42. The molecule has 1 aromatic carbocycles. The summed E-state index contributed by atoms with van der Waals surface area (Å²) < 4.78 is 2.00. The van der Waals surface area contributed by atoms with Crippen LogP contribution in [0.5, 0.6) is 0 Å². The van der Waals surface area contributed by atoms with Gasteiger partial charge in [0.25, 0.3) is 0 Å². The monoisotopic (exact) mass is 432 g/mol. The van der Waals surface area contributed by atoms with Crippen molar-refractivity contribution in [3.63, 3.8) is 0 Å². The van der Waals surface area contributed by atoms with E-state index in [0.717, 1.165) is 55.8 Å². The molecule has 0 atom stereocenters. The summed E-state index contributed by atoms with van der Waals surface area (Å²) >= 11 is 0. The second kappa shape index (κ2) is 10.9. The van der Waals surface area contributed by atoms with Gasteiger partial charge in [-0.15, -0.1) is 10.2 Å². The van der Waals surface area contributed by atoms with Gasteiger partial charge in [-0.3, -0.25) is 9.88 Å². The summed E-state index contributed by atoms with van der Waals surface area (Å²) in [5.74, 6) is 2.61. The summed E-state index contributed by atoms with van der Waals surface area (Å²) in [6, 6.07) is 16.8. The first kappa shape index (κ1) is 22.0. The van der Waals surface area contributed by atoms with Crippen LogP contribution in [0.1, 0.15) is 35.7 Å². The van der Waals surface area contributed by atoms with E-state index in [2.05, 4.69) is 55.0 Å². The maximum Gasteiger partial charge on any atom is 0.192 e. The second-order valence-electron chi connectivity index (χ2n) is 8.24. The van der Waals surface area contributed by atoms with E-state index in [1.807, 2.05) is 49.0 Å². The standard InChI is InChI=1S/C24H32N8/c1-19-29-30-23(31(19)2)17-27-24(26-16-20-8-4-3-5-9-20)28-21-11-14-32(15-12-21)18-22-10-6-7-13-25-22/h3-10,13,21H,11-12,14-18H2,1-2H3,(H2,26,27,28). The molecule has 1 saturated heterocycles. The summed E-state index contributed by atoms with van der Waals surface area (Å²) in [5.41, 5.74) is 2.32. The molecule has 168 valence electrons. The van der Waals surface area contributed by atoms with Gasteiger partial charge < -0.3 is 15.2 Å². The molecule has 2 N–H and O–H groups in total. The molecule has 4 rings (SSSR count). The predicted molar refractivity (Wildman–Crippen MR) is 126 cm³/mol. The van der Waals surface area contributed by atoms with Crippen LogP contribution in [-0.2, 0) is 26.7 Å². The first-order chi connectivity index (χ1) is 15.7. The Morgan fingerprint density at radius 2 is 1.84 bits per heavy atom. The van der Waals surface area contributed by atoms with Gasteiger partial charge in [-0.2, -0.15) is 0 Å². The number of aryl methyl sites for hydroxylation is 1. The molecule has 0 unspecified atom stereocenters. The van der Waals surface area contributed by atoms with Crippen molar-refractivity contribution in [2.24, 2.45) is 12.0 Å². The van der Waals surface area contributed by atoms with Crippen LogP contribution < -0.4 is 10.6 Å². The molecule has 3 heterocycles. The second-order valence-corrected chi connectivity index (χ2v) is 8.24. The summed E-state index contributed by atoms with van der Waals surface area (Å²) in [6.45, 7) is 6.17. The number of guanidine groups is 1. The van der Waals surface area contributed by atoms with Crippen LogP contribution in [0.3, 0.4) is 0 Å². The summed E-state index contributed by atoms with van der Waals surface area (Å²) in [4.78, 5) is 11.8. The number of hydrogen-bond acceptors (Lipinski definition) is 5. The number of nitrogens with zero attached hydrogens (tertiary/aromatic N) is 6. The molecule has 0 spiro atoms. The fourth-order valence-electron chi connectivity index (χ4n) is 3.82. The lowest BCUT2D eigenvalue weighted by molar-refractivity contribution is 0.196. The molecule has 8 nitrogen and oxygen atoms in total. The number of hydrogen-bond donors (Lipinski definition) is 2. The van der Waals surface area contributed by atoms with Gasteiger partial charge in [-0.25, -0.2) is 4.99 Å². The van der Waals surface area contributed by atoms with Gasteiger partial charge in [0.15, 0.2) is 11.8 Å². The van der Waals surface area contributed by atoms with Crippen molar-refractivity contribution in [1.82, 2.24) is 35.3 Å². The van der Waals surface area contributed by atoms with Gasteiger partial charge in [-0.05, 0) is 37.5 Å². The first-order valence-corrected chi connectivity index (χ1v) is 11.2. The fourth-order valence-corrected chi connectivity index (χ4v) is 3.82. The van der Waals surface area contributed by atoms with E-state index in [9.17, 15) is 0 Å². The maximum atomic E-state index is 4.84. The molecule has 3 aromatic rings. The summed E-state index contributed by atoms with van der Waals surface area (Å²) in [6.07, 6.45) is 4.01. The Labute approximate surface area is 189 Å². The number of rotatable bonds is 7. The third kappa shape index (κ3) is 6.13. The largest absolute Gasteiger partial charge is 0.354 e. The van der Waals surface area contributed by atoms with E-state index in [1.54, 1.807) is 0 Å².